The average molecular weight is 366 g/mol. The second-order valence-electron chi connectivity index (χ2n) is 6.20. The number of nitrogens with zero attached hydrogens (tertiary/aromatic N) is 1. The number of carbonyl (C=O) groups excluding carboxylic acids is 1. The van der Waals surface area contributed by atoms with Crippen LogP contribution in [0.25, 0.3) is 10.9 Å². The van der Waals surface area contributed by atoms with Crippen molar-refractivity contribution in [2.75, 3.05) is 19.5 Å². The molecule has 0 aliphatic carbocycles. The number of fused-ring (bicyclic) bond motifs is 1. The third-order valence-corrected chi connectivity index (χ3v) is 4.47. The number of aryl methyl sites for hydroxylation is 2. The molecule has 1 heterocycles. The number of para-hydroxylation sites is 1. The number of anilines is 1. The van der Waals surface area contributed by atoms with Crippen molar-refractivity contribution in [3.8, 4) is 11.5 Å². The minimum atomic E-state index is -0.210. The number of rotatable bonds is 6. The number of hydrogen-bond donors (Lipinski definition) is 1. The highest BCUT2D eigenvalue weighted by atomic mass is 16.5. The van der Waals surface area contributed by atoms with Gasteiger partial charge in [0, 0.05) is 30.5 Å². The van der Waals surface area contributed by atoms with Crippen LogP contribution < -0.4 is 20.3 Å². The number of benzene rings is 2. The van der Waals surface area contributed by atoms with Gasteiger partial charge in [0.1, 0.15) is 11.5 Å². The smallest absolute Gasteiger partial charge is 0.251 e. The van der Waals surface area contributed by atoms with Crippen LogP contribution in [-0.2, 0) is 11.3 Å². The van der Waals surface area contributed by atoms with Gasteiger partial charge in [-0.15, -0.1) is 0 Å². The van der Waals surface area contributed by atoms with Crippen molar-refractivity contribution in [3.05, 3.63) is 64.4 Å². The van der Waals surface area contributed by atoms with Crippen LogP contribution in [0.15, 0.2) is 53.3 Å². The summed E-state index contributed by atoms with van der Waals surface area (Å²) >= 11 is 0. The first-order valence-corrected chi connectivity index (χ1v) is 8.64. The fraction of sp³-hybridized carbons (Fsp3) is 0.238. The molecule has 3 aromatic rings. The zero-order valence-corrected chi connectivity index (χ0v) is 15.6. The van der Waals surface area contributed by atoms with Gasteiger partial charge in [0.25, 0.3) is 5.56 Å². The lowest BCUT2D eigenvalue weighted by Crippen LogP contribution is -2.23. The van der Waals surface area contributed by atoms with Crippen LogP contribution in [0.4, 0.5) is 5.69 Å². The van der Waals surface area contributed by atoms with Crippen molar-refractivity contribution in [3.63, 3.8) is 0 Å². The molecule has 3 rings (SSSR count). The van der Waals surface area contributed by atoms with Gasteiger partial charge in [-0.05, 0) is 30.7 Å². The molecule has 0 unspecified atom stereocenters. The molecule has 1 amide bonds. The monoisotopic (exact) mass is 366 g/mol. The molecule has 0 saturated heterocycles. The highest BCUT2D eigenvalue weighted by Crippen LogP contribution is 2.29. The number of hydrogen-bond acceptors (Lipinski definition) is 4. The summed E-state index contributed by atoms with van der Waals surface area (Å²) in [7, 11) is 3.10. The molecule has 1 N–H and O–H groups in total. The Kier molecular flexibility index (Phi) is 5.45. The maximum Gasteiger partial charge on any atom is 0.251 e. The highest BCUT2D eigenvalue weighted by molar-refractivity contribution is 5.92. The Labute approximate surface area is 157 Å². The van der Waals surface area contributed by atoms with E-state index in [4.69, 9.17) is 9.47 Å². The van der Waals surface area contributed by atoms with Crippen LogP contribution in [0.5, 0.6) is 11.5 Å². The number of aromatic nitrogens is 1. The van der Waals surface area contributed by atoms with Crippen molar-refractivity contribution >= 4 is 22.5 Å². The van der Waals surface area contributed by atoms with Crippen LogP contribution in [0.2, 0.25) is 0 Å². The molecule has 0 bridgehead atoms. The van der Waals surface area contributed by atoms with E-state index in [0.29, 0.717) is 17.2 Å². The van der Waals surface area contributed by atoms with E-state index in [2.05, 4.69) is 5.32 Å². The zero-order valence-electron chi connectivity index (χ0n) is 15.6. The van der Waals surface area contributed by atoms with Crippen LogP contribution >= 0.6 is 0 Å². The molecule has 0 saturated carbocycles. The quantitative estimate of drug-likeness (QED) is 0.726. The van der Waals surface area contributed by atoms with Gasteiger partial charge in [-0.3, -0.25) is 9.59 Å². The molecular weight excluding hydrogens is 344 g/mol. The average Bonchev–Trinajstić information content (AvgIpc) is 2.67. The summed E-state index contributed by atoms with van der Waals surface area (Å²) in [5.74, 6) is 0.951. The lowest BCUT2D eigenvalue weighted by molar-refractivity contribution is -0.116. The maximum atomic E-state index is 12.4. The van der Waals surface area contributed by atoms with Crippen molar-refractivity contribution in [2.24, 2.45) is 0 Å². The molecule has 6 heteroatoms. The number of ether oxygens (including phenoxy) is 2. The number of nitrogens with one attached hydrogen (secondary N) is 1. The van der Waals surface area contributed by atoms with Gasteiger partial charge in [0.05, 0.1) is 25.4 Å². The summed E-state index contributed by atoms with van der Waals surface area (Å²) in [5, 5.41) is 3.83. The lowest BCUT2D eigenvalue weighted by atomic mass is 10.1. The van der Waals surface area contributed by atoms with Crippen molar-refractivity contribution < 1.29 is 14.3 Å². The van der Waals surface area contributed by atoms with E-state index >= 15 is 0 Å². The Balaban J connectivity index is 1.79. The summed E-state index contributed by atoms with van der Waals surface area (Å²) < 4.78 is 12.1. The standard InChI is InChI=1S/C21H22N2O4/c1-14-12-21(25)23(18-7-5-4-6-16(14)18)11-10-20(24)22-17-13-15(26-2)8-9-19(17)27-3/h4-9,12-13H,10-11H2,1-3H3,(H,22,24). The minimum Gasteiger partial charge on any atom is -0.497 e. The number of carbonyl (C=O) groups is 1. The van der Waals surface area contributed by atoms with Gasteiger partial charge in [0.2, 0.25) is 5.91 Å². The van der Waals surface area contributed by atoms with E-state index in [1.165, 1.54) is 7.11 Å². The Hall–Kier alpha value is -3.28. The first-order chi connectivity index (χ1) is 13.0. The molecule has 0 spiro atoms. The Bertz CT molecular complexity index is 1040. The molecule has 140 valence electrons. The van der Waals surface area contributed by atoms with Gasteiger partial charge in [-0.2, -0.15) is 0 Å². The zero-order chi connectivity index (χ0) is 19.4. The number of pyridine rings is 1. The largest absolute Gasteiger partial charge is 0.497 e. The molecule has 6 nitrogen and oxygen atoms in total. The fourth-order valence-corrected chi connectivity index (χ4v) is 3.07. The predicted molar refractivity (Wildman–Crippen MR) is 106 cm³/mol. The third-order valence-electron chi connectivity index (χ3n) is 4.47. The number of methoxy groups -OCH3 is 2. The van der Waals surface area contributed by atoms with E-state index in [1.807, 2.05) is 31.2 Å². The van der Waals surface area contributed by atoms with Crippen LogP contribution in [0.3, 0.4) is 0 Å². The van der Waals surface area contributed by atoms with Crippen molar-refractivity contribution in [1.29, 1.82) is 0 Å². The second-order valence-corrected chi connectivity index (χ2v) is 6.20. The van der Waals surface area contributed by atoms with Gasteiger partial charge in [0.15, 0.2) is 0 Å². The van der Waals surface area contributed by atoms with Crippen LogP contribution in [0.1, 0.15) is 12.0 Å². The van der Waals surface area contributed by atoms with E-state index in [0.717, 1.165) is 16.5 Å². The summed E-state index contributed by atoms with van der Waals surface area (Å²) in [5.41, 5.74) is 2.17. The lowest BCUT2D eigenvalue weighted by Gasteiger charge is -2.14. The molecule has 2 aromatic carbocycles. The normalized spacial score (nSPS) is 10.6. The van der Waals surface area contributed by atoms with Crippen molar-refractivity contribution in [1.82, 2.24) is 4.57 Å². The van der Waals surface area contributed by atoms with Gasteiger partial charge in [-0.1, -0.05) is 18.2 Å². The van der Waals surface area contributed by atoms with Crippen LogP contribution in [-0.4, -0.2) is 24.7 Å². The molecule has 0 aliphatic rings. The second kappa shape index (κ2) is 7.95. The van der Waals surface area contributed by atoms with E-state index in [-0.39, 0.29) is 24.4 Å². The third kappa shape index (κ3) is 3.95. The summed E-state index contributed by atoms with van der Waals surface area (Å²) in [4.78, 5) is 24.8. The fourth-order valence-electron chi connectivity index (χ4n) is 3.07. The molecule has 0 atom stereocenters. The van der Waals surface area contributed by atoms with Gasteiger partial charge < -0.3 is 19.4 Å². The maximum absolute atomic E-state index is 12.4. The first-order valence-electron chi connectivity index (χ1n) is 8.64. The number of amides is 1. The highest BCUT2D eigenvalue weighted by Gasteiger charge is 2.11. The Morgan fingerprint density at radius 1 is 1.07 bits per heavy atom. The Morgan fingerprint density at radius 3 is 2.59 bits per heavy atom. The van der Waals surface area contributed by atoms with E-state index < -0.39 is 0 Å². The summed E-state index contributed by atoms with van der Waals surface area (Å²) in [6.07, 6.45) is 0.160. The van der Waals surface area contributed by atoms with Gasteiger partial charge >= 0.3 is 0 Å². The van der Waals surface area contributed by atoms with E-state index in [9.17, 15) is 9.59 Å². The molecule has 0 fully saturated rings. The summed E-state index contributed by atoms with van der Waals surface area (Å²) in [6.45, 7) is 2.20. The molecule has 27 heavy (non-hydrogen) atoms. The van der Waals surface area contributed by atoms with Crippen molar-refractivity contribution in [2.45, 2.75) is 19.9 Å². The van der Waals surface area contributed by atoms with Crippen LogP contribution in [0, 0.1) is 6.92 Å². The van der Waals surface area contributed by atoms with E-state index in [1.54, 1.807) is 35.9 Å². The Morgan fingerprint density at radius 2 is 1.85 bits per heavy atom. The minimum absolute atomic E-state index is 0.113. The molecule has 1 aromatic heterocycles. The first kappa shape index (κ1) is 18.5. The molecule has 0 aliphatic heterocycles. The van der Waals surface area contributed by atoms with Gasteiger partial charge in [-0.25, -0.2) is 0 Å². The molecular formula is C21H22N2O4. The SMILES string of the molecule is COc1ccc(OC)c(NC(=O)CCn2c(=O)cc(C)c3ccccc32)c1. The topological polar surface area (TPSA) is 69.6 Å². The predicted octanol–water partition coefficient (Wildman–Crippen LogP) is 3.36. The molecule has 0 radical (unpaired) electrons. The summed E-state index contributed by atoms with van der Waals surface area (Å²) in [6, 6.07) is 14.5.